The summed E-state index contributed by atoms with van der Waals surface area (Å²) in [7, 11) is 0. The number of hydrogen-bond donors (Lipinski definition) is 2. The van der Waals surface area contributed by atoms with E-state index < -0.39 is 0 Å². The van der Waals surface area contributed by atoms with Crippen molar-refractivity contribution in [3.63, 3.8) is 0 Å². The summed E-state index contributed by atoms with van der Waals surface area (Å²) < 4.78 is 0. The Balaban J connectivity index is 1.74. The first kappa shape index (κ1) is 19.5. The van der Waals surface area contributed by atoms with Gasteiger partial charge in [0.15, 0.2) is 21.6 Å². The summed E-state index contributed by atoms with van der Waals surface area (Å²) in [5.41, 5.74) is 8.02. The van der Waals surface area contributed by atoms with Gasteiger partial charge in [0.05, 0.1) is 20.8 Å². The lowest BCUT2D eigenvalue weighted by Gasteiger charge is -2.06. The SMILES string of the molecule is CSc1ccc(-c2nc(N)c3nc(Nc4c(Cl)cccc4Cl)sc3n2)cc1Cl. The predicted octanol–water partition coefficient (Wildman–Crippen LogP) is 6.76. The number of halogens is 3. The molecule has 0 amide bonds. The molecule has 2 aromatic heterocycles. The summed E-state index contributed by atoms with van der Waals surface area (Å²) in [5.74, 6) is 0.783. The van der Waals surface area contributed by atoms with E-state index in [2.05, 4.69) is 20.3 Å². The molecule has 3 N–H and O–H groups in total. The van der Waals surface area contributed by atoms with Crippen molar-refractivity contribution < 1.29 is 0 Å². The average molecular weight is 469 g/mol. The number of nitrogens with zero attached hydrogens (tertiary/aromatic N) is 3. The van der Waals surface area contributed by atoms with Crippen LogP contribution in [0.2, 0.25) is 15.1 Å². The lowest BCUT2D eigenvalue weighted by Crippen LogP contribution is -1.97. The van der Waals surface area contributed by atoms with Crippen molar-refractivity contribution in [2.75, 3.05) is 17.3 Å². The molecule has 10 heteroatoms. The first-order valence-electron chi connectivity index (χ1n) is 7.95. The van der Waals surface area contributed by atoms with Crippen LogP contribution in [0.1, 0.15) is 0 Å². The molecule has 0 radical (unpaired) electrons. The van der Waals surface area contributed by atoms with Crippen LogP contribution in [0.25, 0.3) is 21.7 Å². The van der Waals surface area contributed by atoms with E-state index in [4.69, 9.17) is 40.5 Å². The molecule has 142 valence electrons. The van der Waals surface area contributed by atoms with Crippen molar-refractivity contribution in [2.45, 2.75) is 4.90 Å². The van der Waals surface area contributed by atoms with Gasteiger partial charge in [-0.05, 0) is 36.6 Å². The minimum Gasteiger partial charge on any atom is -0.382 e. The van der Waals surface area contributed by atoms with Crippen molar-refractivity contribution in [3.8, 4) is 11.4 Å². The number of aromatic nitrogens is 3. The molecule has 0 aliphatic carbocycles. The number of fused-ring (bicyclic) bond motifs is 1. The Hall–Kier alpha value is -1.77. The Labute approximate surface area is 184 Å². The summed E-state index contributed by atoms with van der Waals surface area (Å²) in [5, 5.41) is 5.34. The zero-order valence-corrected chi connectivity index (χ0v) is 18.2. The summed E-state index contributed by atoms with van der Waals surface area (Å²) in [6.07, 6.45) is 1.97. The second-order valence-electron chi connectivity index (χ2n) is 5.68. The molecular formula is C18H12Cl3N5S2. The standard InChI is InChI=1S/C18H12Cl3N5S2/c1-27-12-6-5-8(7-11(12)21)16-25-15(22)14-17(26-16)28-18(24-14)23-13-9(19)3-2-4-10(13)20/h2-7H,1H3,(H,23,24)(H2,22,25,26). The van der Waals surface area contributed by atoms with Gasteiger partial charge >= 0.3 is 0 Å². The quantitative estimate of drug-likeness (QED) is 0.322. The minimum absolute atomic E-state index is 0.291. The van der Waals surface area contributed by atoms with Gasteiger partial charge in [-0.2, -0.15) is 0 Å². The second-order valence-corrected chi connectivity index (χ2v) is 8.72. The smallest absolute Gasteiger partial charge is 0.190 e. The topological polar surface area (TPSA) is 76.7 Å². The van der Waals surface area contributed by atoms with E-state index in [-0.39, 0.29) is 0 Å². The van der Waals surface area contributed by atoms with Crippen molar-refractivity contribution in [1.29, 1.82) is 0 Å². The van der Waals surface area contributed by atoms with Gasteiger partial charge in [-0.25, -0.2) is 15.0 Å². The van der Waals surface area contributed by atoms with E-state index in [0.717, 1.165) is 10.5 Å². The number of nitrogens with two attached hydrogens (primary N) is 1. The third kappa shape index (κ3) is 3.73. The number of benzene rings is 2. The minimum atomic E-state index is 0.291. The maximum atomic E-state index is 6.31. The van der Waals surface area contributed by atoms with Crippen LogP contribution >= 0.6 is 57.9 Å². The predicted molar refractivity (Wildman–Crippen MR) is 122 cm³/mol. The van der Waals surface area contributed by atoms with Crippen LogP contribution in [-0.4, -0.2) is 21.2 Å². The molecule has 28 heavy (non-hydrogen) atoms. The highest BCUT2D eigenvalue weighted by Crippen LogP contribution is 2.37. The molecule has 0 fully saturated rings. The molecule has 2 heterocycles. The Morgan fingerprint density at radius 1 is 1.00 bits per heavy atom. The molecule has 0 aliphatic rings. The van der Waals surface area contributed by atoms with Gasteiger partial charge in [-0.1, -0.05) is 52.2 Å². The third-order valence-corrected chi connectivity index (χ3v) is 6.61. The molecule has 4 aromatic rings. The van der Waals surface area contributed by atoms with Crippen molar-refractivity contribution in [1.82, 2.24) is 15.0 Å². The summed E-state index contributed by atoms with van der Waals surface area (Å²) >= 11 is 21.7. The Morgan fingerprint density at radius 2 is 1.75 bits per heavy atom. The van der Waals surface area contributed by atoms with E-state index in [0.29, 0.717) is 47.9 Å². The maximum Gasteiger partial charge on any atom is 0.190 e. The monoisotopic (exact) mass is 467 g/mol. The number of thioether (sulfide) groups is 1. The number of thiazole rings is 1. The van der Waals surface area contributed by atoms with Crippen LogP contribution in [0, 0.1) is 0 Å². The molecule has 2 aromatic carbocycles. The average Bonchev–Trinajstić information content (AvgIpc) is 3.08. The Morgan fingerprint density at radius 3 is 2.43 bits per heavy atom. The van der Waals surface area contributed by atoms with E-state index >= 15 is 0 Å². The summed E-state index contributed by atoms with van der Waals surface area (Å²) in [6, 6.07) is 11.0. The van der Waals surface area contributed by atoms with Gasteiger partial charge < -0.3 is 11.1 Å². The van der Waals surface area contributed by atoms with Crippen molar-refractivity contribution in [3.05, 3.63) is 51.5 Å². The number of para-hydroxylation sites is 1. The molecule has 4 rings (SSSR count). The highest BCUT2D eigenvalue weighted by molar-refractivity contribution is 7.98. The summed E-state index contributed by atoms with van der Waals surface area (Å²) in [4.78, 5) is 15.1. The van der Waals surface area contributed by atoms with Gasteiger partial charge in [0.25, 0.3) is 0 Å². The molecule has 0 bridgehead atoms. The lowest BCUT2D eigenvalue weighted by atomic mass is 10.2. The van der Waals surface area contributed by atoms with Gasteiger partial charge in [-0.3, -0.25) is 0 Å². The van der Waals surface area contributed by atoms with Crippen LogP contribution in [0.3, 0.4) is 0 Å². The number of nitrogen functional groups attached to an aromatic ring is 1. The van der Waals surface area contributed by atoms with Gasteiger partial charge in [0.2, 0.25) is 0 Å². The zero-order valence-electron chi connectivity index (χ0n) is 14.3. The number of hydrogen-bond acceptors (Lipinski definition) is 7. The fourth-order valence-corrected chi connectivity index (χ4v) is 4.77. The first-order chi connectivity index (χ1) is 13.5. The van der Waals surface area contributed by atoms with Gasteiger partial charge in [0, 0.05) is 10.5 Å². The van der Waals surface area contributed by atoms with Crippen LogP contribution in [-0.2, 0) is 0 Å². The second kappa shape index (κ2) is 7.93. The Kier molecular flexibility index (Phi) is 5.53. The van der Waals surface area contributed by atoms with Gasteiger partial charge in [-0.15, -0.1) is 11.8 Å². The highest BCUT2D eigenvalue weighted by atomic mass is 35.5. The maximum absolute atomic E-state index is 6.31. The molecule has 5 nitrogen and oxygen atoms in total. The fraction of sp³-hybridized carbons (Fsp3) is 0.0556. The molecule has 0 aliphatic heterocycles. The molecule has 0 saturated carbocycles. The first-order valence-corrected chi connectivity index (χ1v) is 11.1. The number of anilines is 3. The van der Waals surface area contributed by atoms with Crippen molar-refractivity contribution >= 4 is 84.9 Å². The van der Waals surface area contributed by atoms with Crippen LogP contribution in [0.4, 0.5) is 16.6 Å². The number of nitrogens with one attached hydrogen (secondary N) is 1. The van der Waals surface area contributed by atoms with Crippen molar-refractivity contribution in [2.24, 2.45) is 0 Å². The zero-order chi connectivity index (χ0) is 19.8. The molecule has 0 atom stereocenters. The molecule has 0 unspecified atom stereocenters. The van der Waals surface area contributed by atoms with E-state index in [1.54, 1.807) is 30.0 Å². The normalized spacial score (nSPS) is 11.1. The summed E-state index contributed by atoms with van der Waals surface area (Å²) in [6.45, 7) is 0. The van der Waals surface area contributed by atoms with E-state index in [1.807, 2.05) is 24.5 Å². The molecule has 0 spiro atoms. The largest absolute Gasteiger partial charge is 0.382 e. The van der Waals surface area contributed by atoms with Crippen LogP contribution < -0.4 is 11.1 Å². The fourth-order valence-electron chi connectivity index (χ4n) is 2.56. The number of rotatable bonds is 4. The van der Waals surface area contributed by atoms with Gasteiger partial charge in [0.1, 0.15) is 5.52 Å². The Bertz CT molecular complexity index is 1180. The molecule has 0 saturated heterocycles. The van der Waals surface area contributed by atoms with Crippen LogP contribution in [0.5, 0.6) is 0 Å². The highest BCUT2D eigenvalue weighted by Gasteiger charge is 2.15. The van der Waals surface area contributed by atoms with E-state index in [1.165, 1.54) is 11.3 Å². The third-order valence-electron chi connectivity index (χ3n) is 3.89. The van der Waals surface area contributed by atoms with E-state index in [9.17, 15) is 0 Å². The lowest BCUT2D eigenvalue weighted by molar-refractivity contribution is 1.23. The van der Waals surface area contributed by atoms with Crippen LogP contribution in [0.15, 0.2) is 41.3 Å². The molecular weight excluding hydrogens is 457 g/mol.